The zero-order chi connectivity index (χ0) is 17.5. The molecule has 1 saturated heterocycles. The normalized spacial score (nSPS) is 26.8. The van der Waals surface area contributed by atoms with Gasteiger partial charge in [-0.15, -0.1) is 0 Å². The zero-order valence-electron chi connectivity index (χ0n) is 14.5. The molecule has 1 saturated carbocycles. The third kappa shape index (κ3) is 2.62. The van der Waals surface area contributed by atoms with Crippen LogP contribution in [0.15, 0.2) is 18.2 Å². The first-order valence-electron chi connectivity index (χ1n) is 8.60. The van der Waals surface area contributed by atoms with Crippen LogP contribution in [-0.4, -0.2) is 34.7 Å². The number of amides is 3. The standard InChI is InChI=1S/C19H24N2O3/c1-12-7-8-15(13(2)10-12)16(22)11-21-17(23)19(20-18(21)24)9-5-4-6-14(19)3/h7-8,10,14H,4-6,9,11H2,1-3H3,(H,20,24). The van der Waals surface area contributed by atoms with Crippen LogP contribution >= 0.6 is 0 Å². The third-order valence-electron chi connectivity index (χ3n) is 5.49. The van der Waals surface area contributed by atoms with Crippen LogP contribution in [0.25, 0.3) is 0 Å². The van der Waals surface area contributed by atoms with E-state index in [-0.39, 0.29) is 24.2 Å². The molecule has 1 N–H and O–H groups in total. The van der Waals surface area contributed by atoms with Crippen molar-refractivity contribution in [1.29, 1.82) is 0 Å². The number of carbonyl (C=O) groups excluding carboxylic acids is 3. The molecule has 2 unspecified atom stereocenters. The monoisotopic (exact) mass is 328 g/mol. The summed E-state index contributed by atoms with van der Waals surface area (Å²) >= 11 is 0. The molecule has 0 bridgehead atoms. The van der Waals surface area contributed by atoms with Gasteiger partial charge in [-0.05, 0) is 38.2 Å². The highest BCUT2D eigenvalue weighted by Crippen LogP contribution is 2.38. The molecule has 1 heterocycles. The van der Waals surface area contributed by atoms with Crippen molar-refractivity contribution < 1.29 is 14.4 Å². The van der Waals surface area contributed by atoms with Gasteiger partial charge in [0.2, 0.25) is 0 Å². The second-order valence-corrected chi connectivity index (χ2v) is 7.18. The molecular formula is C19H24N2O3. The fraction of sp³-hybridized carbons (Fsp3) is 0.526. The second-order valence-electron chi connectivity index (χ2n) is 7.18. The van der Waals surface area contributed by atoms with Crippen molar-refractivity contribution in [3.8, 4) is 0 Å². The molecule has 0 radical (unpaired) electrons. The lowest BCUT2D eigenvalue weighted by molar-refractivity contribution is -0.133. The number of ketones is 1. The Kier molecular flexibility index (Phi) is 4.20. The summed E-state index contributed by atoms with van der Waals surface area (Å²) in [6.07, 6.45) is 3.58. The van der Waals surface area contributed by atoms with E-state index in [1.54, 1.807) is 6.07 Å². The SMILES string of the molecule is Cc1ccc(C(=O)CN2C(=O)NC3(CCCCC3C)C2=O)c(C)c1. The Bertz CT molecular complexity index is 713. The predicted molar refractivity (Wildman–Crippen MR) is 90.9 cm³/mol. The van der Waals surface area contributed by atoms with Crippen molar-refractivity contribution in [2.24, 2.45) is 5.92 Å². The van der Waals surface area contributed by atoms with Crippen LogP contribution in [0.4, 0.5) is 4.79 Å². The summed E-state index contributed by atoms with van der Waals surface area (Å²) in [6, 6.07) is 5.14. The number of urea groups is 1. The molecule has 24 heavy (non-hydrogen) atoms. The topological polar surface area (TPSA) is 66.5 Å². The molecule has 5 nitrogen and oxygen atoms in total. The Morgan fingerprint density at radius 3 is 2.71 bits per heavy atom. The number of carbonyl (C=O) groups is 3. The van der Waals surface area contributed by atoms with Crippen molar-refractivity contribution in [3.63, 3.8) is 0 Å². The number of rotatable bonds is 3. The van der Waals surface area contributed by atoms with E-state index in [2.05, 4.69) is 5.32 Å². The lowest BCUT2D eigenvalue weighted by atomic mass is 9.73. The number of imide groups is 1. The quantitative estimate of drug-likeness (QED) is 0.685. The van der Waals surface area contributed by atoms with Gasteiger partial charge in [0.15, 0.2) is 5.78 Å². The Labute approximate surface area is 142 Å². The van der Waals surface area contributed by atoms with Gasteiger partial charge in [0.1, 0.15) is 5.54 Å². The minimum Gasteiger partial charge on any atom is -0.323 e. The average molecular weight is 328 g/mol. The van der Waals surface area contributed by atoms with Gasteiger partial charge < -0.3 is 5.32 Å². The van der Waals surface area contributed by atoms with Crippen molar-refractivity contribution >= 4 is 17.7 Å². The maximum atomic E-state index is 12.9. The molecule has 1 aliphatic carbocycles. The van der Waals surface area contributed by atoms with E-state index < -0.39 is 11.6 Å². The summed E-state index contributed by atoms with van der Waals surface area (Å²) in [4.78, 5) is 39.0. The van der Waals surface area contributed by atoms with Crippen LogP contribution in [0.3, 0.4) is 0 Å². The lowest BCUT2D eigenvalue weighted by Crippen LogP contribution is -2.54. The highest BCUT2D eigenvalue weighted by atomic mass is 16.2. The van der Waals surface area contributed by atoms with E-state index in [1.165, 1.54) is 0 Å². The van der Waals surface area contributed by atoms with Crippen LogP contribution < -0.4 is 5.32 Å². The smallest absolute Gasteiger partial charge is 0.323 e. The Hall–Kier alpha value is -2.17. The molecule has 1 aliphatic heterocycles. The highest BCUT2D eigenvalue weighted by molar-refractivity contribution is 6.11. The Morgan fingerprint density at radius 1 is 1.29 bits per heavy atom. The second kappa shape index (κ2) is 6.04. The van der Waals surface area contributed by atoms with E-state index in [0.717, 1.165) is 35.3 Å². The minimum atomic E-state index is -0.808. The summed E-state index contributed by atoms with van der Waals surface area (Å²) in [5.74, 6) is -0.335. The predicted octanol–water partition coefficient (Wildman–Crippen LogP) is 2.99. The maximum absolute atomic E-state index is 12.9. The number of nitrogens with zero attached hydrogens (tertiary/aromatic N) is 1. The molecule has 2 aliphatic rings. The number of hydrogen-bond acceptors (Lipinski definition) is 3. The summed E-state index contributed by atoms with van der Waals surface area (Å²) in [6.45, 7) is 5.65. The number of Topliss-reactive ketones (excluding diaryl/α,β-unsaturated/α-hetero) is 1. The van der Waals surface area contributed by atoms with Gasteiger partial charge in [0.05, 0.1) is 6.54 Å². The van der Waals surface area contributed by atoms with Crippen LogP contribution in [-0.2, 0) is 4.79 Å². The fourth-order valence-electron chi connectivity index (χ4n) is 3.99. The van der Waals surface area contributed by atoms with E-state index in [4.69, 9.17) is 0 Å². The summed E-state index contributed by atoms with van der Waals surface area (Å²) in [7, 11) is 0. The van der Waals surface area contributed by atoms with Crippen LogP contribution in [0.2, 0.25) is 0 Å². The van der Waals surface area contributed by atoms with E-state index in [9.17, 15) is 14.4 Å². The van der Waals surface area contributed by atoms with Crippen molar-refractivity contribution in [2.45, 2.75) is 52.0 Å². The summed E-state index contributed by atoms with van der Waals surface area (Å²) < 4.78 is 0. The van der Waals surface area contributed by atoms with Crippen molar-refractivity contribution in [1.82, 2.24) is 10.2 Å². The highest BCUT2D eigenvalue weighted by Gasteiger charge is 2.55. The molecule has 1 aromatic rings. The number of benzene rings is 1. The first-order chi connectivity index (χ1) is 11.3. The van der Waals surface area contributed by atoms with Gasteiger partial charge in [0, 0.05) is 5.56 Å². The molecule has 0 aromatic heterocycles. The average Bonchev–Trinajstić information content (AvgIpc) is 2.75. The number of hydrogen-bond donors (Lipinski definition) is 1. The van der Waals surface area contributed by atoms with Crippen LogP contribution in [0.1, 0.15) is 54.1 Å². The molecule has 2 fully saturated rings. The van der Waals surface area contributed by atoms with Gasteiger partial charge in [0.25, 0.3) is 5.91 Å². The summed E-state index contributed by atoms with van der Waals surface area (Å²) in [5.41, 5.74) is 1.71. The maximum Gasteiger partial charge on any atom is 0.325 e. The molecule has 128 valence electrons. The van der Waals surface area contributed by atoms with Crippen LogP contribution in [0.5, 0.6) is 0 Å². The van der Waals surface area contributed by atoms with Crippen molar-refractivity contribution in [2.75, 3.05) is 6.54 Å². The summed E-state index contributed by atoms with van der Waals surface area (Å²) in [5, 5.41) is 2.88. The number of nitrogens with one attached hydrogen (secondary N) is 1. The number of aryl methyl sites for hydroxylation is 2. The molecule has 5 heteroatoms. The first kappa shape index (κ1) is 16.7. The van der Waals surface area contributed by atoms with E-state index >= 15 is 0 Å². The molecule has 2 atom stereocenters. The fourth-order valence-corrected chi connectivity index (χ4v) is 3.99. The van der Waals surface area contributed by atoms with E-state index in [1.807, 2.05) is 32.9 Å². The molecule has 3 amide bonds. The van der Waals surface area contributed by atoms with Gasteiger partial charge >= 0.3 is 6.03 Å². The van der Waals surface area contributed by atoms with Gasteiger partial charge in [-0.25, -0.2) is 4.79 Å². The van der Waals surface area contributed by atoms with Crippen LogP contribution in [0, 0.1) is 19.8 Å². The molecular weight excluding hydrogens is 304 g/mol. The largest absolute Gasteiger partial charge is 0.325 e. The van der Waals surface area contributed by atoms with Gasteiger partial charge in [-0.2, -0.15) is 0 Å². The first-order valence-corrected chi connectivity index (χ1v) is 8.60. The van der Waals surface area contributed by atoms with Crippen molar-refractivity contribution in [3.05, 3.63) is 34.9 Å². The minimum absolute atomic E-state index is 0.101. The van der Waals surface area contributed by atoms with Gasteiger partial charge in [-0.3, -0.25) is 14.5 Å². The van der Waals surface area contributed by atoms with Gasteiger partial charge in [-0.1, -0.05) is 43.5 Å². The molecule has 3 rings (SSSR count). The third-order valence-corrected chi connectivity index (χ3v) is 5.49. The molecule has 1 spiro atoms. The van der Waals surface area contributed by atoms with E-state index in [0.29, 0.717) is 12.0 Å². The zero-order valence-corrected chi connectivity index (χ0v) is 14.5. The Morgan fingerprint density at radius 2 is 2.04 bits per heavy atom. The molecule has 1 aromatic carbocycles. The lowest BCUT2D eigenvalue weighted by Gasteiger charge is -2.36. The Balaban J connectivity index is 1.81.